The second-order valence-electron chi connectivity index (χ2n) is 7.16. The van der Waals surface area contributed by atoms with Gasteiger partial charge in [0, 0.05) is 13.1 Å². The lowest BCUT2D eigenvalue weighted by Gasteiger charge is -2.22. The third kappa shape index (κ3) is 5.27. The van der Waals surface area contributed by atoms with Crippen molar-refractivity contribution in [1.29, 1.82) is 5.26 Å². The van der Waals surface area contributed by atoms with Gasteiger partial charge >= 0.3 is 0 Å². The summed E-state index contributed by atoms with van der Waals surface area (Å²) in [4.78, 5) is 6.38. The van der Waals surface area contributed by atoms with Gasteiger partial charge < -0.3 is 18.8 Å². The summed E-state index contributed by atoms with van der Waals surface area (Å²) in [6.45, 7) is 1.28. The van der Waals surface area contributed by atoms with E-state index < -0.39 is 0 Å². The number of anilines is 1. The van der Waals surface area contributed by atoms with Gasteiger partial charge in [-0.05, 0) is 35.4 Å². The molecule has 0 unspecified atom stereocenters. The first-order valence-electron chi connectivity index (χ1n) is 10.2. The molecule has 0 N–H and O–H groups in total. The van der Waals surface area contributed by atoms with E-state index in [1.54, 1.807) is 7.11 Å². The lowest BCUT2D eigenvalue weighted by molar-refractivity contribution is 0.263. The van der Waals surface area contributed by atoms with Crippen LogP contribution >= 0.6 is 0 Å². The van der Waals surface area contributed by atoms with Crippen LogP contribution in [0.2, 0.25) is 0 Å². The fourth-order valence-corrected chi connectivity index (χ4v) is 3.33. The van der Waals surface area contributed by atoms with Crippen molar-refractivity contribution >= 4 is 5.88 Å². The van der Waals surface area contributed by atoms with E-state index in [9.17, 15) is 5.26 Å². The molecule has 0 spiro atoms. The molecule has 3 aromatic carbocycles. The van der Waals surface area contributed by atoms with Crippen LogP contribution in [0.25, 0.3) is 0 Å². The van der Waals surface area contributed by atoms with Gasteiger partial charge in [0.15, 0.2) is 6.61 Å². The molecule has 4 rings (SSSR count). The van der Waals surface area contributed by atoms with Crippen LogP contribution in [0.15, 0.2) is 89.3 Å². The van der Waals surface area contributed by atoms with Crippen LogP contribution < -0.4 is 14.4 Å². The predicted molar refractivity (Wildman–Crippen MR) is 121 cm³/mol. The molecule has 32 heavy (non-hydrogen) atoms. The number of benzene rings is 3. The zero-order valence-electron chi connectivity index (χ0n) is 17.8. The van der Waals surface area contributed by atoms with E-state index in [4.69, 9.17) is 13.9 Å². The average molecular weight is 425 g/mol. The van der Waals surface area contributed by atoms with Crippen molar-refractivity contribution in [3.05, 3.63) is 108 Å². The largest absolute Gasteiger partial charge is 0.497 e. The first-order valence-corrected chi connectivity index (χ1v) is 10.2. The van der Waals surface area contributed by atoms with E-state index in [0.29, 0.717) is 30.6 Å². The standard InChI is InChI=1S/C26H23N3O3/c1-30-22-12-14-23(15-13-22)31-19-25-28-24(16-27)26(32-25)29(17-20-8-4-2-5-9-20)18-21-10-6-3-7-11-21/h2-15H,17-19H2,1H3. The number of hydrogen-bond donors (Lipinski definition) is 0. The maximum absolute atomic E-state index is 9.70. The zero-order valence-corrected chi connectivity index (χ0v) is 17.8. The van der Waals surface area contributed by atoms with Gasteiger partial charge in [0.2, 0.25) is 17.5 Å². The highest BCUT2D eigenvalue weighted by molar-refractivity contribution is 5.49. The first-order chi connectivity index (χ1) is 15.7. The molecular weight excluding hydrogens is 402 g/mol. The average Bonchev–Trinajstić information content (AvgIpc) is 3.27. The predicted octanol–water partition coefficient (Wildman–Crippen LogP) is 5.34. The van der Waals surface area contributed by atoms with Gasteiger partial charge in [0.1, 0.15) is 17.6 Å². The van der Waals surface area contributed by atoms with Gasteiger partial charge in [-0.1, -0.05) is 60.7 Å². The summed E-state index contributed by atoms with van der Waals surface area (Å²) in [7, 11) is 1.62. The molecule has 0 aliphatic heterocycles. The molecule has 0 amide bonds. The van der Waals surface area contributed by atoms with Crippen LogP contribution in [0, 0.1) is 11.3 Å². The molecule has 160 valence electrons. The Morgan fingerprint density at radius 3 is 1.94 bits per heavy atom. The number of oxazole rings is 1. The van der Waals surface area contributed by atoms with E-state index >= 15 is 0 Å². The Labute approximate surface area is 187 Å². The maximum Gasteiger partial charge on any atom is 0.236 e. The molecular formula is C26H23N3O3. The molecule has 0 bridgehead atoms. The zero-order chi connectivity index (χ0) is 22.2. The van der Waals surface area contributed by atoms with E-state index in [-0.39, 0.29) is 12.3 Å². The van der Waals surface area contributed by atoms with Crippen LogP contribution in [-0.4, -0.2) is 12.1 Å². The van der Waals surface area contributed by atoms with Gasteiger partial charge in [-0.25, -0.2) is 0 Å². The quantitative estimate of drug-likeness (QED) is 0.360. The minimum Gasteiger partial charge on any atom is -0.497 e. The minimum absolute atomic E-state index is 0.117. The van der Waals surface area contributed by atoms with Crippen molar-refractivity contribution in [2.75, 3.05) is 12.0 Å². The molecule has 0 fully saturated rings. The molecule has 0 radical (unpaired) electrons. The lowest BCUT2D eigenvalue weighted by atomic mass is 10.1. The Kier molecular flexibility index (Phi) is 6.69. The summed E-state index contributed by atoms with van der Waals surface area (Å²) >= 11 is 0. The molecule has 6 heteroatoms. The number of ether oxygens (including phenoxy) is 2. The van der Waals surface area contributed by atoms with Crippen molar-refractivity contribution in [2.24, 2.45) is 0 Å². The summed E-state index contributed by atoms with van der Waals surface area (Å²) in [5, 5.41) is 9.70. The van der Waals surface area contributed by atoms with Crippen LogP contribution in [0.5, 0.6) is 11.5 Å². The minimum atomic E-state index is 0.117. The number of methoxy groups -OCH3 is 1. The molecule has 0 aliphatic rings. The highest BCUT2D eigenvalue weighted by atomic mass is 16.5. The number of hydrogen-bond acceptors (Lipinski definition) is 6. The second kappa shape index (κ2) is 10.2. The number of nitrogens with zero attached hydrogens (tertiary/aromatic N) is 3. The molecule has 0 aliphatic carbocycles. The lowest BCUT2D eigenvalue weighted by Crippen LogP contribution is -2.22. The van der Waals surface area contributed by atoms with Gasteiger partial charge in [0.05, 0.1) is 7.11 Å². The summed E-state index contributed by atoms with van der Waals surface area (Å²) < 4.78 is 17.0. The summed E-state index contributed by atoms with van der Waals surface area (Å²) in [6.07, 6.45) is 0. The van der Waals surface area contributed by atoms with Gasteiger partial charge in [-0.15, -0.1) is 0 Å². The summed E-state index contributed by atoms with van der Waals surface area (Å²) in [5.41, 5.74) is 2.46. The SMILES string of the molecule is COc1ccc(OCc2nc(C#N)c(N(Cc3ccccc3)Cc3ccccc3)o2)cc1. The molecule has 1 aromatic heterocycles. The Morgan fingerprint density at radius 2 is 1.41 bits per heavy atom. The topological polar surface area (TPSA) is 71.5 Å². The molecule has 0 saturated carbocycles. The number of rotatable bonds is 9. The summed E-state index contributed by atoms with van der Waals surface area (Å²) in [5.74, 6) is 2.20. The monoisotopic (exact) mass is 425 g/mol. The highest BCUT2D eigenvalue weighted by Crippen LogP contribution is 2.27. The fraction of sp³-hybridized carbons (Fsp3) is 0.154. The van der Waals surface area contributed by atoms with Crippen LogP contribution in [0.1, 0.15) is 22.7 Å². The van der Waals surface area contributed by atoms with Crippen LogP contribution in [-0.2, 0) is 19.7 Å². The Bertz CT molecular complexity index is 1130. The van der Waals surface area contributed by atoms with Crippen molar-refractivity contribution in [2.45, 2.75) is 19.7 Å². The van der Waals surface area contributed by atoms with E-state index in [1.165, 1.54) is 0 Å². The highest BCUT2D eigenvalue weighted by Gasteiger charge is 2.21. The Hall–Kier alpha value is -4.24. The fourth-order valence-electron chi connectivity index (χ4n) is 3.33. The van der Waals surface area contributed by atoms with Crippen LogP contribution in [0.4, 0.5) is 5.88 Å². The Balaban J connectivity index is 1.56. The number of nitriles is 1. The van der Waals surface area contributed by atoms with Crippen molar-refractivity contribution in [3.8, 4) is 17.6 Å². The molecule has 6 nitrogen and oxygen atoms in total. The normalized spacial score (nSPS) is 10.4. The van der Waals surface area contributed by atoms with E-state index in [2.05, 4.69) is 11.1 Å². The van der Waals surface area contributed by atoms with Crippen molar-refractivity contribution in [1.82, 2.24) is 4.98 Å². The second-order valence-corrected chi connectivity index (χ2v) is 7.16. The van der Waals surface area contributed by atoms with E-state index in [0.717, 1.165) is 16.9 Å². The molecule has 0 saturated heterocycles. The van der Waals surface area contributed by atoms with Crippen molar-refractivity contribution in [3.63, 3.8) is 0 Å². The van der Waals surface area contributed by atoms with Crippen LogP contribution in [0.3, 0.4) is 0 Å². The van der Waals surface area contributed by atoms with E-state index in [1.807, 2.05) is 89.8 Å². The molecule has 4 aromatic rings. The maximum atomic E-state index is 9.70. The smallest absolute Gasteiger partial charge is 0.236 e. The third-order valence-corrected chi connectivity index (χ3v) is 4.90. The van der Waals surface area contributed by atoms with Gasteiger partial charge in [-0.2, -0.15) is 10.2 Å². The van der Waals surface area contributed by atoms with Crippen molar-refractivity contribution < 1.29 is 13.9 Å². The summed E-state index contributed by atoms with van der Waals surface area (Å²) in [6, 6.07) is 29.6. The Morgan fingerprint density at radius 1 is 0.844 bits per heavy atom. The number of aromatic nitrogens is 1. The third-order valence-electron chi connectivity index (χ3n) is 4.90. The van der Waals surface area contributed by atoms with Gasteiger partial charge in [0.25, 0.3) is 0 Å². The van der Waals surface area contributed by atoms with Gasteiger partial charge in [-0.3, -0.25) is 0 Å². The molecule has 0 atom stereocenters. The molecule has 1 heterocycles. The first kappa shape index (κ1) is 21.0.